The molecule has 0 aliphatic carbocycles. The number of nitrogens with zero attached hydrogens (tertiary/aromatic N) is 1. The summed E-state index contributed by atoms with van der Waals surface area (Å²) in [4.78, 5) is 39.6. The molecule has 1 atom stereocenters. The minimum atomic E-state index is -0.570. The van der Waals surface area contributed by atoms with Crippen LogP contribution in [0.1, 0.15) is 47.4 Å². The van der Waals surface area contributed by atoms with Gasteiger partial charge in [0.25, 0.3) is 11.8 Å². The van der Waals surface area contributed by atoms with Crippen LogP contribution in [0.15, 0.2) is 47.2 Å². The lowest BCUT2D eigenvalue weighted by Gasteiger charge is -2.35. The molecule has 6 nitrogen and oxygen atoms in total. The standard InChI is InChI=1S/C22H27N3O3S/c1-15(2)19(24-20(26)16-6-4-3-5-7-16)22(28)25-11-8-18(9-12-25)23-21(27)17-10-13-29-14-17/h3-7,10,13-15,18-19H,8-9,11-12H2,1-2H3,(H,23,27)(H,24,26). The fourth-order valence-electron chi connectivity index (χ4n) is 3.43. The highest BCUT2D eigenvalue weighted by Gasteiger charge is 2.31. The predicted octanol–water partition coefficient (Wildman–Crippen LogP) is 2.92. The van der Waals surface area contributed by atoms with Gasteiger partial charge in [0, 0.05) is 35.6 Å². The molecule has 0 bridgehead atoms. The van der Waals surface area contributed by atoms with Gasteiger partial charge in [-0.3, -0.25) is 14.4 Å². The molecule has 0 saturated carbocycles. The molecular weight excluding hydrogens is 386 g/mol. The maximum absolute atomic E-state index is 13.0. The zero-order valence-electron chi connectivity index (χ0n) is 16.8. The van der Waals surface area contributed by atoms with Crippen LogP contribution in [0.5, 0.6) is 0 Å². The molecule has 1 aromatic heterocycles. The highest BCUT2D eigenvalue weighted by molar-refractivity contribution is 7.08. The minimum absolute atomic E-state index is 0.0221. The molecule has 1 unspecified atom stereocenters. The number of benzene rings is 1. The van der Waals surface area contributed by atoms with Crippen molar-refractivity contribution in [2.45, 2.75) is 38.8 Å². The third kappa shape index (κ3) is 5.44. The van der Waals surface area contributed by atoms with Gasteiger partial charge in [0.15, 0.2) is 0 Å². The maximum atomic E-state index is 13.0. The number of nitrogens with one attached hydrogen (secondary N) is 2. The van der Waals surface area contributed by atoms with Crippen molar-refractivity contribution in [1.82, 2.24) is 15.5 Å². The third-order valence-corrected chi connectivity index (χ3v) is 5.86. The molecule has 3 rings (SSSR count). The smallest absolute Gasteiger partial charge is 0.252 e. The molecular formula is C22H27N3O3S. The Hall–Kier alpha value is -2.67. The van der Waals surface area contributed by atoms with Gasteiger partial charge in [-0.2, -0.15) is 11.3 Å². The summed E-state index contributed by atoms with van der Waals surface area (Å²) < 4.78 is 0. The Labute approximate surface area is 175 Å². The van der Waals surface area contributed by atoms with Crippen LogP contribution < -0.4 is 10.6 Å². The van der Waals surface area contributed by atoms with Crippen LogP contribution >= 0.6 is 11.3 Å². The first kappa shape index (κ1) is 21.0. The van der Waals surface area contributed by atoms with E-state index in [1.54, 1.807) is 35.2 Å². The van der Waals surface area contributed by atoms with Crippen LogP contribution in [0, 0.1) is 5.92 Å². The van der Waals surface area contributed by atoms with Crippen LogP contribution in [-0.4, -0.2) is 47.8 Å². The molecule has 2 N–H and O–H groups in total. The molecule has 3 amide bonds. The van der Waals surface area contributed by atoms with E-state index in [1.807, 2.05) is 30.7 Å². The second kappa shape index (κ2) is 9.69. The number of thiophene rings is 1. The van der Waals surface area contributed by atoms with Crippen molar-refractivity contribution >= 4 is 29.1 Å². The van der Waals surface area contributed by atoms with Gasteiger partial charge in [0.1, 0.15) is 6.04 Å². The molecule has 2 heterocycles. The summed E-state index contributed by atoms with van der Waals surface area (Å²) in [6.07, 6.45) is 1.41. The van der Waals surface area contributed by atoms with E-state index in [-0.39, 0.29) is 29.7 Å². The van der Waals surface area contributed by atoms with E-state index < -0.39 is 6.04 Å². The Morgan fingerprint density at radius 2 is 1.69 bits per heavy atom. The van der Waals surface area contributed by atoms with Gasteiger partial charge < -0.3 is 15.5 Å². The Morgan fingerprint density at radius 1 is 1.00 bits per heavy atom. The van der Waals surface area contributed by atoms with Gasteiger partial charge in [-0.1, -0.05) is 32.0 Å². The second-order valence-electron chi connectivity index (χ2n) is 7.65. The van der Waals surface area contributed by atoms with Gasteiger partial charge in [-0.15, -0.1) is 0 Å². The largest absolute Gasteiger partial charge is 0.349 e. The molecule has 1 fully saturated rings. The Bertz CT molecular complexity index is 828. The molecule has 1 aromatic carbocycles. The number of carbonyl (C=O) groups excluding carboxylic acids is 3. The fourth-order valence-corrected chi connectivity index (χ4v) is 4.07. The van der Waals surface area contributed by atoms with E-state index in [9.17, 15) is 14.4 Å². The second-order valence-corrected chi connectivity index (χ2v) is 8.43. The van der Waals surface area contributed by atoms with E-state index in [1.165, 1.54) is 11.3 Å². The van der Waals surface area contributed by atoms with Gasteiger partial charge in [-0.25, -0.2) is 0 Å². The Kier molecular flexibility index (Phi) is 7.04. The molecule has 0 radical (unpaired) electrons. The lowest BCUT2D eigenvalue weighted by molar-refractivity contribution is -0.135. The van der Waals surface area contributed by atoms with Crippen LogP contribution in [0.25, 0.3) is 0 Å². The first-order chi connectivity index (χ1) is 14.0. The number of carbonyl (C=O) groups is 3. The molecule has 1 aliphatic rings. The molecule has 2 aromatic rings. The van der Waals surface area contributed by atoms with Crippen molar-refractivity contribution in [2.75, 3.05) is 13.1 Å². The fraction of sp³-hybridized carbons (Fsp3) is 0.409. The topological polar surface area (TPSA) is 78.5 Å². The number of amides is 3. The van der Waals surface area contributed by atoms with Crippen LogP contribution in [0.3, 0.4) is 0 Å². The highest BCUT2D eigenvalue weighted by atomic mass is 32.1. The van der Waals surface area contributed by atoms with E-state index in [2.05, 4.69) is 10.6 Å². The van der Waals surface area contributed by atoms with Gasteiger partial charge >= 0.3 is 0 Å². The summed E-state index contributed by atoms with van der Waals surface area (Å²) >= 11 is 1.50. The summed E-state index contributed by atoms with van der Waals surface area (Å²) in [5.74, 6) is -0.389. The van der Waals surface area contributed by atoms with Crippen molar-refractivity contribution in [3.8, 4) is 0 Å². The van der Waals surface area contributed by atoms with Gasteiger partial charge in [-0.05, 0) is 42.3 Å². The Morgan fingerprint density at radius 3 is 2.28 bits per heavy atom. The number of rotatable bonds is 6. The molecule has 7 heteroatoms. The molecule has 154 valence electrons. The summed E-state index contributed by atoms with van der Waals surface area (Å²) in [5.41, 5.74) is 1.22. The summed E-state index contributed by atoms with van der Waals surface area (Å²) in [5, 5.41) is 9.65. The SMILES string of the molecule is CC(C)C(NC(=O)c1ccccc1)C(=O)N1CCC(NC(=O)c2ccsc2)CC1. The molecule has 1 saturated heterocycles. The quantitative estimate of drug-likeness (QED) is 0.764. The predicted molar refractivity (Wildman–Crippen MR) is 114 cm³/mol. The normalized spacial score (nSPS) is 15.8. The van der Waals surface area contributed by atoms with Crippen molar-refractivity contribution in [1.29, 1.82) is 0 Å². The van der Waals surface area contributed by atoms with Gasteiger partial charge in [0.2, 0.25) is 5.91 Å². The van der Waals surface area contributed by atoms with Crippen LogP contribution in [-0.2, 0) is 4.79 Å². The van der Waals surface area contributed by atoms with E-state index in [4.69, 9.17) is 0 Å². The number of likely N-dealkylation sites (tertiary alicyclic amines) is 1. The number of piperidine rings is 1. The summed E-state index contributed by atoms with van der Waals surface area (Å²) in [7, 11) is 0. The lowest BCUT2D eigenvalue weighted by atomic mass is 9.99. The number of hydrogen-bond acceptors (Lipinski definition) is 4. The molecule has 1 aliphatic heterocycles. The van der Waals surface area contributed by atoms with Gasteiger partial charge in [0.05, 0.1) is 0 Å². The van der Waals surface area contributed by atoms with Crippen molar-refractivity contribution < 1.29 is 14.4 Å². The Balaban J connectivity index is 1.54. The average molecular weight is 414 g/mol. The molecule has 29 heavy (non-hydrogen) atoms. The highest BCUT2D eigenvalue weighted by Crippen LogP contribution is 2.16. The third-order valence-electron chi connectivity index (χ3n) is 5.18. The zero-order chi connectivity index (χ0) is 20.8. The van der Waals surface area contributed by atoms with Crippen molar-refractivity contribution in [2.24, 2.45) is 5.92 Å². The van der Waals surface area contributed by atoms with Crippen LogP contribution in [0.2, 0.25) is 0 Å². The maximum Gasteiger partial charge on any atom is 0.252 e. The number of hydrogen-bond donors (Lipinski definition) is 2. The van der Waals surface area contributed by atoms with Crippen molar-refractivity contribution in [3.63, 3.8) is 0 Å². The summed E-state index contributed by atoms with van der Waals surface area (Å²) in [6.45, 7) is 5.00. The van der Waals surface area contributed by atoms with E-state index in [0.717, 1.165) is 0 Å². The van der Waals surface area contributed by atoms with Crippen molar-refractivity contribution in [3.05, 3.63) is 58.3 Å². The minimum Gasteiger partial charge on any atom is -0.349 e. The average Bonchev–Trinajstić information content (AvgIpc) is 3.27. The molecule has 0 spiro atoms. The monoisotopic (exact) mass is 413 g/mol. The lowest BCUT2D eigenvalue weighted by Crippen LogP contribution is -2.54. The summed E-state index contributed by atoms with van der Waals surface area (Å²) in [6, 6.07) is 10.2. The zero-order valence-corrected chi connectivity index (χ0v) is 17.6. The first-order valence-corrected chi connectivity index (χ1v) is 10.9. The first-order valence-electron chi connectivity index (χ1n) is 9.93. The van der Waals surface area contributed by atoms with E-state index in [0.29, 0.717) is 37.1 Å². The van der Waals surface area contributed by atoms with E-state index >= 15 is 0 Å². The van der Waals surface area contributed by atoms with Crippen LogP contribution in [0.4, 0.5) is 0 Å².